The molecular formula is C25H21F2N3O3S2. The number of methoxy groups -OCH3 is 1. The summed E-state index contributed by atoms with van der Waals surface area (Å²) in [6.45, 7) is 0. The number of aryl methyl sites for hydroxylation is 2. The lowest BCUT2D eigenvalue weighted by molar-refractivity contribution is -0.113. The maximum atomic E-state index is 13.9. The lowest BCUT2D eigenvalue weighted by atomic mass is 9.97. The van der Waals surface area contributed by atoms with Gasteiger partial charge in [0.2, 0.25) is 5.91 Å². The molecule has 0 fully saturated rings. The molecule has 2 aromatic heterocycles. The minimum Gasteiger partial charge on any atom is -0.497 e. The Morgan fingerprint density at radius 2 is 1.94 bits per heavy atom. The number of halogens is 2. The predicted octanol–water partition coefficient (Wildman–Crippen LogP) is 5.34. The summed E-state index contributed by atoms with van der Waals surface area (Å²) in [5.41, 5.74) is 1.40. The highest BCUT2D eigenvalue weighted by Gasteiger charge is 2.23. The standard InChI is InChI=1S/C25H21F2N3O3S2/c1-33-16-9-7-15(8-10-16)30-24(32)22-17-4-2-3-5-20(17)35-23(22)29-25(30)34-13-21(31)28-19-11-6-14(26)12-18(19)27/h6-12H,2-5,13H2,1H3,(H,28,31). The molecule has 10 heteroatoms. The smallest absolute Gasteiger partial charge is 0.267 e. The second-order valence-corrected chi connectivity index (χ2v) is 10.1. The molecule has 0 spiro atoms. The molecular weight excluding hydrogens is 492 g/mol. The molecule has 0 saturated carbocycles. The fourth-order valence-electron chi connectivity index (χ4n) is 4.15. The van der Waals surface area contributed by atoms with Crippen LogP contribution in [0, 0.1) is 11.6 Å². The Morgan fingerprint density at radius 1 is 1.17 bits per heavy atom. The molecule has 0 bridgehead atoms. The van der Waals surface area contributed by atoms with Crippen LogP contribution in [0.15, 0.2) is 52.4 Å². The first-order chi connectivity index (χ1) is 16.9. The van der Waals surface area contributed by atoms with E-state index in [0.29, 0.717) is 32.9 Å². The minimum atomic E-state index is -0.859. The fourth-order valence-corrected chi connectivity index (χ4v) is 6.26. The maximum absolute atomic E-state index is 13.9. The van der Waals surface area contributed by atoms with E-state index in [9.17, 15) is 18.4 Å². The zero-order chi connectivity index (χ0) is 24.5. The number of carbonyl (C=O) groups is 1. The number of carbonyl (C=O) groups excluding carboxylic acids is 1. The first kappa shape index (κ1) is 23.5. The van der Waals surface area contributed by atoms with Gasteiger partial charge < -0.3 is 10.1 Å². The van der Waals surface area contributed by atoms with Crippen LogP contribution in [0.25, 0.3) is 15.9 Å². The third-order valence-corrected chi connectivity index (χ3v) is 7.95. The number of benzene rings is 2. The third kappa shape index (κ3) is 4.68. The largest absolute Gasteiger partial charge is 0.497 e. The van der Waals surface area contributed by atoms with Crippen molar-refractivity contribution in [2.24, 2.45) is 0 Å². The van der Waals surface area contributed by atoms with Crippen LogP contribution in [-0.4, -0.2) is 28.3 Å². The highest BCUT2D eigenvalue weighted by molar-refractivity contribution is 7.99. The lowest BCUT2D eigenvalue weighted by Crippen LogP contribution is -2.23. The van der Waals surface area contributed by atoms with Gasteiger partial charge in [0, 0.05) is 10.9 Å². The van der Waals surface area contributed by atoms with Crippen LogP contribution >= 0.6 is 23.1 Å². The average molecular weight is 514 g/mol. The summed E-state index contributed by atoms with van der Waals surface area (Å²) < 4.78 is 33.8. The Bertz CT molecular complexity index is 1480. The number of hydrogen-bond acceptors (Lipinski definition) is 6. The van der Waals surface area contributed by atoms with E-state index in [1.807, 2.05) is 0 Å². The molecule has 1 amide bonds. The van der Waals surface area contributed by atoms with Crippen LogP contribution < -0.4 is 15.6 Å². The molecule has 6 nitrogen and oxygen atoms in total. The van der Waals surface area contributed by atoms with Gasteiger partial charge in [-0.1, -0.05) is 11.8 Å². The SMILES string of the molecule is COc1ccc(-n2c(SCC(=O)Nc3ccc(F)cc3F)nc3sc4c(c3c2=O)CCCC4)cc1. The Labute approximate surface area is 208 Å². The van der Waals surface area contributed by atoms with Crippen LogP contribution in [0.4, 0.5) is 14.5 Å². The molecule has 2 aromatic carbocycles. The van der Waals surface area contributed by atoms with Crippen molar-refractivity contribution in [1.82, 2.24) is 9.55 Å². The number of rotatable bonds is 6. The predicted molar refractivity (Wildman–Crippen MR) is 134 cm³/mol. The minimum absolute atomic E-state index is 0.112. The summed E-state index contributed by atoms with van der Waals surface area (Å²) in [6, 6.07) is 10.00. The Morgan fingerprint density at radius 3 is 2.69 bits per heavy atom. The highest BCUT2D eigenvalue weighted by Crippen LogP contribution is 2.35. The number of thiophene rings is 1. The van der Waals surface area contributed by atoms with Gasteiger partial charge in [0.05, 0.1) is 29.6 Å². The molecule has 2 heterocycles. The molecule has 0 unspecified atom stereocenters. The summed E-state index contributed by atoms with van der Waals surface area (Å²) in [5, 5.41) is 3.45. The number of ether oxygens (including phenoxy) is 1. The quantitative estimate of drug-likeness (QED) is 0.278. The van der Waals surface area contributed by atoms with Gasteiger partial charge in [0.25, 0.3) is 5.56 Å². The molecule has 35 heavy (non-hydrogen) atoms. The molecule has 0 saturated heterocycles. The average Bonchev–Trinajstić information content (AvgIpc) is 3.23. The molecule has 1 N–H and O–H groups in total. The van der Waals surface area contributed by atoms with Gasteiger partial charge in [-0.3, -0.25) is 14.2 Å². The number of hydrogen-bond donors (Lipinski definition) is 1. The monoisotopic (exact) mass is 513 g/mol. The van der Waals surface area contributed by atoms with Gasteiger partial charge in [-0.15, -0.1) is 11.3 Å². The maximum Gasteiger partial charge on any atom is 0.267 e. The summed E-state index contributed by atoms with van der Waals surface area (Å²) in [5.74, 6) is -1.55. The van der Waals surface area contributed by atoms with E-state index in [1.54, 1.807) is 31.4 Å². The van der Waals surface area contributed by atoms with E-state index < -0.39 is 17.5 Å². The number of nitrogens with one attached hydrogen (secondary N) is 1. The first-order valence-electron chi connectivity index (χ1n) is 11.0. The van der Waals surface area contributed by atoms with E-state index in [2.05, 4.69) is 5.32 Å². The van der Waals surface area contributed by atoms with Gasteiger partial charge in [0.1, 0.15) is 22.2 Å². The Balaban J connectivity index is 1.51. The number of aromatic nitrogens is 2. The van der Waals surface area contributed by atoms with Crippen molar-refractivity contribution in [3.8, 4) is 11.4 Å². The van der Waals surface area contributed by atoms with Crippen LogP contribution in [0.5, 0.6) is 5.75 Å². The molecule has 0 radical (unpaired) electrons. The lowest BCUT2D eigenvalue weighted by Gasteiger charge is -2.14. The molecule has 1 aliphatic carbocycles. The number of amides is 1. The zero-order valence-corrected chi connectivity index (χ0v) is 20.4. The summed E-state index contributed by atoms with van der Waals surface area (Å²) in [6.07, 6.45) is 3.92. The van der Waals surface area contributed by atoms with Crippen molar-refractivity contribution in [3.05, 3.63) is 74.9 Å². The summed E-state index contributed by atoms with van der Waals surface area (Å²) in [7, 11) is 1.57. The van der Waals surface area contributed by atoms with Gasteiger partial charge in [-0.25, -0.2) is 13.8 Å². The normalized spacial score (nSPS) is 13.0. The summed E-state index contributed by atoms with van der Waals surface area (Å²) in [4.78, 5) is 32.9. The van der Waals surface area contributed by atoms with Crippen LogP contribution in [0.3, 0.4) is 0 Å². The highest BCUT2D eigenvalue weighted by atomic mass is 32.2. The number of thioether (sulfide) groups is 1. The molecule has 4 aromatic rings. The van der Waals surface area contributed by atoms with E-state index in [4.69, 9.17) is 9.72 Å². The van der Waals surface area contributed by atoms with Crippen molar-refractivity contribution in [2.45, 2.75) is 30.8 Å². The second-order valence-electron chi connectivity index (χ2n) is 8.09. The van der Waals surface area contributed by atoms with Gasteiger partial charge in [0.15, 0.2) is 5.16 Å². The van der Waals surface area contributed by atoms with Crippen LogP contribution in [0.2, 0.25) is 0 Å². The molecule has 1 aliphatic rings. The van der Waals surface area contributed by atoms with Crippen molar-refractivity contribution in [1.29, 1.82) is 0 Å². The van der Waals surface area contributed by atoms with Gasteiger partial charge >= 0.3 is 0 Å². The van der Waals surface area contributed by atoms with Crippen molar-refractivity contribution >= 4 is 44.9 Å². The Hall–Kier alpha value is -3.24. The first-order valence-corrected chi connectivity index (χ1v) is 12.8. The van der Waals surface area contributed by atoms with Gasteiger partial charge in [-0.05, 0) is 67.6 Å². The van der Waals surface area contributed by atoms with Crippen LogP contribution in [0.1, 0.15) is 23.3 Å². The second kappa shape index (κ2) is 9.79. The molecule has 180 valence electrons. The number of anilines is 1. The van der Waals surface area contributed by atoms with E-state index in [0.717, 1.165) is 49.1 Å². The fraction of sp³-hybridized carbons (Fsp3) is 0.240. The van der Waals surface area contributed by atoms with E-state index >= 15 is 0 Å². The number of nitrogens with zero attached hydrogens (tertiary/aromatic N) is 2. The molecule has 5 rings (SSSR count). The zero-order valence-electron chi connectivity index (χ0n) is 18.8. The molecule has 0 aliphatic heterocycles. The van der Waals surface area contributed by atoms with Crippen molar-refractivity contribution in [2.75, 3.05) is 18.2 Å². The van der Waals surface area contributed by atoms with Crippen molar-refractivity contribution in [3.63, 3.8) is 0 Å². The number of fused-ring (bicyclic) bond motifs is 3. The van der Waals surface area contributed by atoms with E-state index in [-0.39, 0.29) is 17.0 Å². The topological polar surface area (TPSA) is 73.2 Å². The van der Waals surface area contributed by atoms with Gasteiger partial charge in [-0.2, -0.15) is 0 Å². The molecule has 0 atom stereocenters. The summed E-state index contributed by atoms with van der Waals surface area (Å²) >= 11 is 2.62. The van der Waals surface area contributed by atoms with Crippen molar-refractivity contribution < 1.29 is 18.3 Å². The Kier molecular flexibility index (Phi) is 6.57. The van der Waals surface area contributed by atoms with E-state index in [1.165, 1.54) is 26.8 Å². The van der Waals surface area contributed by atoms with Crippen LogP contribution in [-0.2, 0) is 17.6 Å². The third-order valence-electron chi connectivity index (χ3n) is 5.83.